The summed E-state index contributed by atoms with van der Waals surface area (Å²) in [7, 11) is 0. The van der Waals surface area contributed by atoms with Crippen LogP contribution < -0.4 is 10.5 Å². The van der Waals surface area contributed by atoms with Gasteiger partial charge in [0.25, 0.3) is 0 Å². The van der Waals surface area contributed by atoms with Crippen LogP contribution in [0.3, 0.4) is 0 Å². The summed E-state index contributed by atoms with van der Waals surface area (Å²) in [5.74, 6) is 0.973. The smallest absolute Gasteiger partial charge is 0.119 e. The topological polar surface area (TPSA) is 44.5 Å². The van der Waals surface area contributed by atoms with E-state index in [0.29, 0.717) is 6.10 Å². The summed E-state index contributed by atoms with van der Waals surface area (Å²) in [5, 5.41) is 0. The van der Waals surface area contributed by atoms with E-state index >= 15 is 0 Å². The van der Waals surface area contributed by atoms with Crippen molar-refractivity contribution in [2.45, 2.75) is 44.2 Å². The molecule has 3 rings (SSSR count). The molecule has 18 heavy (non-hydrogen) atoms. The number of nitrogens with two attached hydrogens (primary N) is 1. The van der Waals surface area contributed by atoms with E-state index in [9.17, 15) is 0 Å². The van der Waals surface area contributed by atoms with E-state index in [4.69, 9.17) is 15.2 Å². The fourth-order valence-electron chi connectivity index (χ4n) is 2.90. The number of aryl methyl sites for hydroxylation is 1. The summed E-state index contributed by atoms with van der Waals surface area (Å²) in [4.78, 5) is 0. The van der Waals surface area contributed by atoms with Crippen LogP contribution in [0.1, 0.15) is 42.9 Å². The van der Waals surface area contributed by atoms with Gasteiger partial charge in [-0.15, -0.1) is 0 Å². The molecule has 1 fully saturated rings. The molecule has 0 bridgehead atoms. The number of ether oxygens (including phenoxy) is 2. The second-order valence-corrected chi connectivity index (χ2v) is 5.28. The highest BCUT2D eigenvalue weighted by atomic mass is 16.5. The third-order valence-electron chi connectivity index (χ3n) is 3.97. The Morgan fingerprint density at radius 1 is 1.33 bits per heavy atom. The van der Waals surface area contributed by atoms with Crippen molar-refractivity contribution in [3.8, 4) is 5.75 Å². The highest BCUT2D eigenvalue weighted by molar-refractivity contribution is 5.40. The minimum absolute atomic E-state index is 0.223. The first-order chi connectivity index (χ1) is 8.83. The van der Waals surface area contributed by atoms with Crippen LogP contribution in [0, 0.1) is 0 Å². The van der Waals surface area contributed by atoms with Crippen molar-refractivity contribution in [3.05, 3.63) is 29.3 Å². The Labute approximate surface area is 108 Å². The SMILES string of the molecule is N[C@@H]1CCc2cc(OCCC3CCCO3)ccc21. The van der Waals surface area contributed by atoms with Gasteiger partial charge in [-0.1, -0.05) is 6.07 Å². The Kier molecular flexibility index (Phi) is 3.52. The predicted octanol–water partition coefficient (Wildman–Crippen LogP) is 2.58. The lowest BCUT2D eigenvalue weighted by molar-refractivity contribution is 0.0903. The van der Waals surface area contributed by atoms with Crippen LogP contribution in [0.25, 0.3) is 0 Å². The van der Waals surface area contributed by atoms with Crippen molar-refractivity contribution < 1.29 is 9.47 Å². The highest BCUT2D eigenvalue weighted by Crippen LogP contribution is 2.31. The number of rotatable bonds is 4. The third-order valence-corrected chi connectivity index (χ3v) is 3.97. The molecule has 0 saturated carbocycles. The minimum Gasteiger partial charge on any atom is -0.493 e. The van der Waals surface area contributed by atoms with Gasteiger partial charge in [-0.05, 0) is 48.9 Å². The normalized spacial score (nSPS) is 26.3. The quantitative estimate of drug-likeness (QED) is 0.889. The van der Waals surface area contributed by atoms with Gasteiger partial charge in [-0.3, -0.25) is 0 Å². The van der Waals surface area contributed by atoms with E-state index in [2.05, 4.69) is 12.1 Å². The molecular formula is C15H21NO2. The van der Waals surface area contributed by atoms with Crippen molar-refractivity contribution in [2.24, 2.45) is 5.73 Å². The maximum atomic E-state index is 6.02. The Balaban J connectivity index is 1.53. The van der Waals surface area contributed by atoms with Crippen LogP contribution in [0.5, 0.6) is 5.75 Å². The van der Waals surface area contributed by atoms with Crippen LogP contribution in [-0.2, 0) is 11.2 Å². The van der Waals surface area contributed by atoms with Gasteiger partial charge in [0, 0.05) is 19.1 Å². The average Bonchev–Trinajstić information content (AvgIpc) is 3.00. The van der Waals surface area contributed by atoms with Gasteiger partial charge in [0.2, 0.25) is 0 Å². The lowest BCUT2D eigenvalue weighted by Crippen LogP contribution is -2.11. The fourth-order valence-corrected chi connectivity index (χ4v) is 2.90. The Bertz CT molecular complexity index is 413. The largest absolute Gasteiger partial charge is 0.493 e. The molecule has 0 amide bonds. The van der Waals surface area contributed by atoms with Crippen LogP contribution in [0.15, 0.2) is 18.2 Å². The van der Waals surface area contributed by atoms with Gasteiger partial charge >= 0.3 is 0 Å². The van der Waals surface area contributed by atoms with Crippen LogP contribution in [0.2, 0.25) is 0 Å². The van der Waals surface area contributed by atoms with Crippen LogP contribution >= 0.6 is 0 Å². The van der Waals surface area contributed by atoms with Gasteiger partial charge < -0.3 is 15.2 Å². The third kappa shape index (κ3) is 2.52. The van der Waals surface area contributed by atoms with Crippen molar-refractivity contribution in [2.75, 3.05) is 13.2 Å². The molecule has 1 unspecified atom stereocenters. The molecule has 3 heteroatoms. The summed E-state index contributed by atoms with van der Waals surface area (Å²) < 4.78 is 11.4. The van der Waals surface area contributed by atoms with Gasteiger partial charge in [0.15, 0.2) is 0 Å². The molecule has 0 aromatic heterocycles. The molecule has 2 N–H and O–H groups in total. The van der Waals surface area contributed by atoms with E-state index < -0.39 is 0 Å². The Morgan fingerprint density at radius 3 is 3.11 bits per heavy atom. The van der Waals surface area contributed by atoms with E-state index in [1.54, 1.807) is 0 Å². The lowest BCUT2D eigenvalue weighted by atomic mass is 10.1. The average molecular weight is 247 g/mol. The monoisotopic (exact) mass is 247 g/mol. The zero-order valence-electron chi connectivity index (χ0n) is 10.7. The molecule has 1 aromatic rings. The van der Waals surface area contributed by atoms with Crippen LogP contribution in [0.4, 0.5) is 0 Å². The molecule has 3 nitrogen and oxygen atoms in total. The maximum absolute atomic E-state index is 6.02. The standard InChI is InChI=1S/C15H21NO2/c16-15-6-3-11-10-13(4-5-14(11)15)18-9-7-12-2-1-8-17-12/h4-5,10,12,15H,1-3,6-9,16H2/t12?,15-/m1/s1. The summed E-state index contributed by atoms with van der Waals surface area (Å²) in [6, 6.07) is 6.53. The molecule has 1 aromatic carbocycles. The highest BCUT2D eigenvalue weighted by Gasteiger charge is 2.19. The molecule has 0 spiro atoms. The molecule has 2 aliphatic rings. The molecule has 1 saturated heterocycles. The number of fused-ring (bicyclic) bond motifs is 1. The molecule has 1 heterocycles. The Hall–Kier alpha value is -1.06. The van der Waals surface area contributed by atoms with E-state index in [1.807, 2.05) is 6.07 Å². The molecular weight excluding hydrogens is 226 g/mol. The molecule has 1 aliphatic heterocycles. The van der Waals surface area contributed by atoms with Gasteiger partial charge in [-0.25, -0.2) is 0 Å². The second kappa shape index (κ2) is 5.29. The summed E-state index contributed by atoms with van der Waals surface area (Å²) in [6.07, 6.45) is 5.93. The predicted molar refractivity (Wildman–Crippen MR) is 70.8 cm³/mol. The first-order valence-electron chi connectivity index (χ1n) is 6.96. The first kappa shape index (κ1) is 12.0. The molecule has 2 atom stereocenters. The van der Waals surface area contributed by atoms with Crippen molar-refractivity contribution in [3.63, 3.8) is 0 Å². The first-order valence-corrected chi connectivity index (χ1v) is 6.96. The van der Waals surface area contributed by atoms with E-state index in [0.717, 1.165) is 38.2 Å². The van der Waals surface area contributed by atoms with E-state index in [1.165, 1.54) is 24.0 Å². The summed E-state index contributed by atoms with van der Waals surface area (Å²) in [6.45, 7) is 1.66. The van der Waals surface area contributed by atoms with E-state index in [-0.39, 0.29) is 6.04 Å². The van der Waals surface area contributed by atoms with Gasteiger partial charge in [0.1, 0.15) is 5.75 Å². The molecule has 98 valence electrons. The fraction of sp³-hybridized carbons (Fsp3) is 0.600. The van der Waals surface area contributed by atoms with Crippen LogP contribution in [-0.4, -0.2) is 19.3 Å². The minimum atomic E-state index is 0.223. The zero-order chi connectivity index (χ0) is 12.4. The number of benzene rings is 1. The van der Waals surface area contributed by atoms with Crippen molar-refractivity contribution >= 4 is 0 Å². The van der Waals surface area contributed by atoms with Crippen molar-refractivity contribution in [1.29, 1.82) is 0 Å². The summed E-state index contributed by atoms with van der Waals surface area (Å²) >= 11 is 0. The van der Waals surface area contributed by atoms with Gasteiger partial charge in [-0.2, -0.15) is 0 Å². The summed E-state index contributed by atoms with van der Waals surface area (Å²) in [5.41, 5.74) is 8.67. The molecule has 0 radical (unpaired) electrons. The maximum Gasteiger partial charge on any atom is 0.119 e. The zero-order valence-corrected chi connectivity index (χ0v) is 10.7. The second-order valence-electron chi connectivity index (χ2n) is 5.28. The number of hydrogen-bond acceptors (Lipinski definition) is 3. The van der Waals surface area contributed by atoms with Crippen molar-refractivity contribution in [1.82, 2.24) is 0 Å². The number of hydrogen-bond donors (Lipinski definition) is 1. The lowest BCUT2D eigenvalue weighted by Gasteiger charge is -2.12. The van der Waals surface area contributed by atoms with Gasteiger partial charge in [0.05, 0.1) is 12.7 Å². The Morgan fingerprint density at radius 2 is 2.28 bits per heavy atom. The molecule has 1 aliphatic carbocycles.